The summed E-state index contributed by atoms with van der Waals surface area (Å²) in [6.07, 6.45) is 1.24. The zero-order chi connectivity index (χ0) is 22.0. The molecular weight excluding hydrogens is 407 g/mol. The minimum Gasteiger partial charge on any atom is -0.380 e. The quantitative estimate of drug-likeness (QED) is 0.619. The molecule has 1 fully saturated rings. The van der Waals surface area contributed by atoms with E-state index in [4.69, 9.17) is 0 Å². The van der Waals surface area contributed by atoms with Gasteiger partial charge in [0.15, 0.2) is 0 Å². The molecule has 1 amide bonds. The SMILES string of the molecule is CC(=O)NC1CCN(c2cc3c(NCc4cccc(C(F)F)c4F)ccnc3cn2)C1. The second-order valence-electron chi connectivity index (χ2n) is 7.52. The normalized spacial score (nSPS) is 16.2. The Morgan fingerprint density at radius 2 is 2.13 bits per heavy atom. The number of anilines is 2. The van der Waals surface area contributed by atoms with Crippen LogP contribution in [0.25, 0.3) is 10.9 Å². The second kappa shape index (κ2) is 8.79. The third kappa shape index (κ3) is 4.55. The number of pyridine rings is 2. The monoisotopic (exact) mass is 429 g/mol. The van der Waals surface area contributed by atoms with E-state index < -0.39 is 17.8 Å². The number of aromatic nitrogens is 2. The number of hydrogen-bond acceptors (Lipinski definition) is 5. The summed E-state index contributed by atoms with van der Waals surface area (Å²) in [7, 11) is 0. The first-order chi connectivity index (χ1) is 14.9. The van der Waals surface area contributed by atoms with E-state index in [2.05, 4.69) is 25.5 Å². The lowest BCUT2D eigenvalue weighted by Gasteiger charge is -2.19. The third-order valence-corrected chi connectivity index (χ3v) is 5.35. The van der Waals surface area contributed by atoms with E-state index in [0.29, 0.717) is 17.7 Å². The van der Waals surface area contributed by atoms with Gasteiger partial charge in [-0.05, 0) is 18.6 Å². The lowest BCUT2D eigenvalue weighted by atomic mass is 10.1. The van der Waals surface area contributed by atoms with Crippen LogP contribution in [-0.2, 0) is 11.3 Å². The van der Waals surface area contributed by atoms with Gasteiger partial charge in [-0.25, -0.2) is 18.2 Å². The first kappa shape index (κ1) is 20.9. The molecule has 31 heavy (non-hydrogen) atoms. The third-order valence-electron chi connectivity index (χ3n) is 5.35. The molecule has 0 saturated carbocycles. The average Bonchev–Trinajstić information content (AvgIpc) is 3.20. The molecule has 0 aliphatic carbocycles. The molecule has 0 radical (unpaired) electrons. The van der Waals surface area contributed by atoms with Gasteiger partial charge in [0, 0.05) is 55.4 Å². The van der Waals surface area contributed by atoms with Gasteiger partial charge in [-0.15, -0.1) is 0 Å². The van der Waals surface area contributed by atoms with Gasteiger partial charge in [0.2, 0.25) is 5.91 Å². The molecule has 9 heteroatoms. The summed E-state index contributed by atoms with van der Waals surface area (Å²) in [6.45, 7) is 2.97. The van der Waals surface area contributed by atoms with Crippen molar-refractivity contribution < 1.29 is 18.0 Å². The minimum atomic E-state index is -2.86. The maximum atomic E-state index is 14.4. The highest BCUT2D eigenvalue weighted by molar-refractivity contribution is 5.92. The molecule has 1 aliphatic heterocycles. The molecule has 1 saturated heterocycles. The molecule has 1 unspecified atom stereocenters. The first-order valence-corrected chi connectivity index (χ1v) is 9.98. The van der Waals surface area contributed by atoms with Crippen LogP contribution in [0.5, 0.6) is 0 Å². The van der Waals surface area contributed by atoms with Crippen molar-refractivity contribution in [2.24, 2.45) is 0 Å². The summed E-state index contributed by atoms with van der Waals surface area (Å²) in [5.74, 6) is -0.203. The Morgan fingerprint density at radius 1 is 1.29 bits per heavy atom. The van der Waals surface area contributed by atoms with Gasteiger partial charge >= 0.3 is 0 Å². The molecular formula is C22H22F3N5O. The number of alkyl halides is 2. The Bertz CT molecular complexity index is 1110. The summed E-state index contributed by atoms with van der Waals surface area (Å²) in [5.41, 5.74) is 0.920. The number of nitrogens with one attached hydrogen (secondary N) is 2. The maximum absolute atomic E-state index is 14.4. The predicted octanol–water partition coefficient (Wildman–Crippen LogP) is 4.03. The number of carbonyl (C=O) groups is 1. The maximum Gasteiger partial charge on any atom is 0.266 e. The zero-order valence-corrected chi connectivity index (χ0v) is 16.9. The number of hydrogen-bond donors (Lipinski definition) is 2. The fraction of sp³-hybridized carbons (Fsp3) is 0.318. The van der Waals surface area contributed by atoms with Crippen molar-refractivity contribution in [2.75, 3.05) is 23.3 Å². The van der Waals surface area contributed by atoms with Crippen LogP contribution in [0.4, 0.5) is 24.7 Å². The molecule has 1 atom stereocenters. The smallest absolute Gasteiger partial charge is 0.266 e. The van der Waals surface area contributed by atoms with Gasteiger partial charge in [0.25, 0.3) is 6.43 Å². The van der Waals surface area contributed by atoms with E-state index >= 15 is 0 Å². The van der Waals surface area contributed by atoms with E-state index in [1.807, 2.05) is 6.07 Å². The Labute approximate surface area is 177 Å². The topological polar surface area (TPSA) is 70.2 Å². The van der Waals surface area contributed by atoms with Crippen molar-refractivity contribution in [2.45, 2.75) is 32.4 Å². The lowest BCUT2D eigenvalue weighted by molar-refractivity contribution is -0.119. The van der Waals surface area contributed by atoms with Gasteiger partial charge in [-0.1, -0.05) is 18.2 Å². The molecule has 3 heterocycles. The molecule has 0 spiro atoms. The van der Waals surface area contributed by atoms with Gasteiger partial charge in [0.05, 0.1) is 17.3 Å². The first-order valence-electron chi connectivity index (χ1n) is 9.98. The fourth-order valence-electron chi connectivity index (χ4n) is 3.83. The van der Waals surface area contributed by atoms with Gasteiger partial charge in [0.1, 0.15) is 11.6 Å². The molecule has 0 bridgehead atoms. The fourth-order valence-corrected chi connectivity index (χ4v) is 3.83. The highest BCUT2D eigenvalue weighted by Gasteiger charge is 2.24. The van der Waals surface area contributed by atoms with Crippen LogP contribution < -0.4 is 15.5 Å². The molecule has 162 valence electrons. The van der Waals surface area contributed by atoms with Crippen LogP contribution in [0.15, 0.2) is 42.7 Å². The van der Waals surface area contributed by atoms with Crippen molar-refractivity contribution in [3.05, 3.63) is 59.7 Å². The summed E-state index contributed by atoms with van der Waals surface area (Å²) >= 11 is 0. The number of nitrogens with zero attached hydrogens (tertiary/aromatic N) is 3. The molecule has 1 aliphatic rings. The number of halogens is 3. The van der Waals surface area contributed by atoms with E-state index in [1.165, 1.54) is 19.1 Å². The number of rotatable bonds is 6. The van der Waals surface area contributed by atoms with E-state index in [0.717, 1.165) is 30.2 Å². The molecule has 1 aromatic carbocycles. The Hall–Kier alpha value is -3.36. The average molecular weight is 429 g/mol. The standard InChI is InChI=1S/C22H22F3N5O/c1-13(31)29-15-6-8-30(12-15)20-9-17-18(5-7-26-19(17)11-28-20)27-10-14-3-2-4-16(21(14)23)22(24)25/h2-5,7,9,11,15,22H,6,8,10,12H2,1H3,(H,26,27)(H,29,31). The van der Waals surface area contributed by atoms with Crippen molar-refractivity contribution in [1.82, 2.24) is 15.3 Å². The van der Waals surface area contributed by atoms with Gasteiger partial charge in [-0.2, -0.15) is 0 Å². The number of benzene rings is 1. The molecule has 3 aromatic rings. The molecule has 2 aromatic heterocycles. The number of carbonyl (C=O) groups excluding carboxylic acids is 1. The Balaban J connectivity index is 1.56. The predicted molar refractivity (Wildman–Crippen MR) is 113 cm³/mol. The zero-order valence-electron chi connectivity index (χ0n) is 16.9. The van der Waals surface area contributed by atoms with Crippen LogP contribution in [-0.4, -0.2) is 35.0 Å². The summed E-state index contributed by atoms with van der Waals surface area (Å²) < 4.78 is 40.3. The van der Waals surface area contributed by atoms with Crippen molar-refractivity contribution in [3.8, 4) is 0 Å². The van der Waals surface area contributed by atoms with Gasteiger partial charge < -0.3 is 15.5 Å². The Kier molecular flexibility index (Phi) is 5.92. The highest BCUT2D eigenvalue weighted by Crippen LogP contribution is 2.28. The van der Waals surface area contributed by atoms with Crippen LogP contribution in [0, 0.1) is 5.82 Å². The molecule has 2 N–H and O–H groups in total. The van der Waals surface area contributed by atoms with Crippen molar-refractivity contribution >= 4 is 28.3 Å². The van der Waals surface area contributed by atoms with Crippen LogP contribution >= 0.6 is 0 Å². The highest BCUT2D eigenvalue weighted by atomic mass is 19.3. The van der Waals surface area contributed by atoms with Crippen LogP contribution in [0.3, 0.4) is 0 Å². The number of fused-ring (bicyclic) bond motifs is 1. The van der Waals surface area contributed by atoms with Crippen LogP contribution in [0.2, 0.25) is 0 Å². The summed E-state index contributed by atoms with van der Waals surface area (Å²) in [4.78, 5) is 22.2. The summed E-state index contributed by atoms with van der Waals surface area (Å²) in [6, 6.07) is 7.72. The summed E-state index contributed by atoms with van der Waals surface area (Å²) in [5, 5.41) is 6.85. The van der Waals surface area contributed by atoms with Crippen LogP contribution in [0.1, 0.15) is 30.9 Å². The Morgan fingerprint density at radius 3 is 2.90 bits per heavy atom. The second-order valence-corrected chi connectivity index (χ2v) is 7.52. The van der Waals surface area contributed by atoms with E-state index in [9.17, 15) is 18.0 Å². The molecule has 6 nitrogen and oxygen atoms in total. The number of amides is 1. The lowest BCUT2D eigenvalue weighted by Crippen LogP contribution is -2.35. The van der Waals surface area contributed by atoms with E-state index in [1.54, 1.807) is 18.5 Å². The van der Waals surface area contributed by atoms with Crippen molar-refractivity contribution in [3.63, 3.8) is 0 Å². The largest absolute Gasteiger partial charge is 0.380 e. The van der Waals surface area contributed by atoms with Gasteiger partial charge in [-0.3, -0.25) is 9.78 Å². The molecule has 4 rings (SSSR count). The van der Waals surface area contributed by atoms with Crippen molar-refractivity contribution in [1.29, 1.82) is 0 Å². The van der Waals surface area contributed by atoms with E-state index in [-0.39, 0.29) is 24.1 Å². The minimum absolute atomic E-state index is 0.0531.